The largest absolute Gasteiger partial charge is 0.350 e. The van der Waals surface area contributed by atoms with Crippen molar-refractivity contribution < 1.29 is 13.2 Å². The van der Waals surface area contributed by atoms with E-state index < -0.39 is 15.0 Å². The molecule has 0 radical (unpaired) electrons. The van der Waals surface area contributed by atoms with E-state index in [1.54, 1.807) is 6.92 Å². The first-order valence-electron chi connectivity index (χ1n) is 5.57. The van der Waals surface area contributed by atoms with Gasteiger partial charge in [-0.05, 0) is 12.3 Å². The predicted molar refractivity (Wildman–Crippen MR) is 68.2 cm³/mol. The van der Waals surface area contributed by atoms with Crippen molar-refractivity contribution in [3.8, 4) is 0 Å². The molecular formula is C10H16ClN3O3S. The number of hydrogen-bond donors (Lipinski definition) is 2. The fourth-order valence-corrected chi connectivity index (χ4v) is 2.76. The number of aryl methyl sites for hydroxylation is 1. The molecule has 0 saturated heterocycles. The van der Waals surface area contributed by atoms with Crippen molar-refractivity contribution in [3.05, 3.63) is 11.4 Å². The summed E-state index contributed by atoms with van der Waals surface area (Å²) in [5, 5.41) is 8.86. The maximum absolute atomic E-state index is 11.8. The second-order valence-corrected chi connectivity index (χ2v) is 6.78. The number of aromatic nitrogens is 2. The number of aromatic amines is 1. The molecular weight excluding hydrogens is 278 g/mol. The van der Waals surface area contributed by atoms with Crippen LogP contribution in [-0.4, -0.2) is 31.1 Å². The topological polar surface area (TPSA) is 91.9 Å². The monoisotopic (exact) mass is 293 g/mol. The summed E-state index contributed by atoms with van der Waals surface area (Å²) in [6, 6.07) is 0. The molecule has 2 N–H and O–H groups in total. The van der Waals surface area contributed by atoms with Crippen molar-refractivity contribution in [2.75, 3.05) is 6.54 Å². The standard InChI is InChI=1S/C10H16ClN3O3S/c1-4-7-9(18(11,16)17)8(14-13-7)10(15)12-5-6(2)3/h6H,4-5H2,1-3H3,(H,12,15)(H,13,14). The Balaban J connectivity index is 3.10. The molecule has 18 heavy (non-hydrogen) atoms. The third-order valence-electron chi connectivity index (χ3n) is 2.28. The highest BCUT2D eigenvalue weighted by atomic mass is 35.7. The van der Waals surface area contributed by atoms with E-state index >= 15 is 0 Å². The lowest BCUT2D eigenvalue weighted by Crippen LogP contribution is -2.28. The number of amides is 1. The zero-order chi connectivity index (χ0) is 13.9. The number of carbonyl (C=O) groups is 1. The van der Waals surface area contributed by atoms with Gasteiger partial charge in [0.05, 0.1) is 5.69 Å². The van der Waals surface area contributed by atoms with Crippen LogP contribution in [0.5, 0.6) is 0 Å². The fraction of sp³-hybridized carbons (Fsp3) is 0.600. The normalized spacial score (nSPS) is 11.8. The minimum atomic E-state index is -4.00. The molecule has 0 aliphatic heterocycles. The van der Waals surface area contributed by atoms with Gasteiger partial charge < -0.3 is 5.32 Å². The van der Waals surface area contributed by atoms with Crippen molar-refractivity contribution in [1.82, 2.24) is 15.5 Å². The van der Waals surface area contributed by atoms with Gasteiger partial charge in [-0.15, -0.1) is 0 Å². The molecule has 6 nitrogen and oxygen atoms in total. The van der Waals surface area contributed by atoms with Crippen molar-refractivity contribution >= 4 is 25.6 Å². The van der Waals surface area contributed by atoms with Crippen molar-refractivity contribution in [1.29, 1.82) is 0 Å². The molecule has 0 bridgehead atoms. The number of halogens is 1. The van der Waals surface area contributed by atoms with E-state index in [-0.39, 0.29) is 16.5 Å². The highest BCUT2D eigenvalue weighted by molar-refractivity contribution is 8.13. The third kappa shape index (κ3) is 3.46. The average Bonchev–Trinajstić information content (AvgIpc) is 2.68. The van der Waals surface area contributed by atoms with Gasteiger partial charge in [0.25, 0.3) is 15.0 Å². The SMILES string of the molecule is CCc1[nH]nc(C(=O)NCC(C)C)c1S(=O)(=O)Cl. The average molecular weight is 294 g/mol. The lowest BCUT2D eigenvalue weighted by molar-refractivity contribution is 0.0940. The van der Waals surface area contributed by atoms with Gasteiger partial charge in [0.1, 0.15) is 4.90 Å². The highest BCUT2D eigenvalue weighted by Gasteiger charge is 2.27. The van der Waals surface area contributed by atoms with Crippen LogP contribution in [0, 0.1) is 5.92 Å². The maximum atomic E-state index is 11.8. The van der Waals surface area contributed by atoms with E-state index in [0.29, 0.717) is 18.7 Å². The van der Waals surface area contributed by atoms with Gasteiger partial charge in [0, 0.05) is 17.2 Å². The van der Waals surface area contributed by atoms with Crippen LogP contribution in [0.15, 0.2) is 4.90 Å². The zero-order valence-electron chi connectivity index (χ0n) is 10.4. The Morgan fingerprint density at radius 3 is 2.56 bits per heavy atom. The molecule has 102 valence electrons. The quantitative estimate of drug-likeness (QED) is 0.800. The summed E-state index contributed by atoms with van der Waals surface area (Å²) in [6.45, 7) is 6.05. The van der Waals surface area contributed by atoms with Crippen LogP contribution in [0.2, 0.25) is 0 Å². The van der Waals surface area contributed by atoms with E-state index in [0.717, 1.165) is 0 Å². The summed E-state index contributed by atoms with van der Waals surface area (Å²) >= 11 is 0. The van der Waals surface area contributed by atoms with Crippen molar-refractivity contribution in [2.24, 2.45) is 5.92 Å². The molecule has 1 heterocycles. The van der Waals surface area contributed by atoms with Crippen LogP contribution in [-0.2, 0) is 15.5 Å². The first kappa shape index (κ1) is 15.0. The summed E-state index contributed by atoms with van der Waals surface area (Å²) in [6.07, 6.45) is 0.395. The van der Waals surface area contributed by atoms with Crippen LogP contribution in [0.4, 0.5) is 0 Å². The summed E-state index contributed by atoms with van der Waals surface area (Å²) in [5.41, 5.74) is 0.155. The first-order valence-corrected chi connectivity index (χ1v) is 7.88. The van der Waals surface area contributed by atoms with E-state index in [9.17, 15) is 13.2 Å². The second kappa shape index (κ2) is 5.71. The molecule has 0 saturated carbocycles. The minimum Gasteiger partial charge on any atom is -0.350 e. The number of H-pyrrole nitrogens is 1. The van der Waals surface area contributed by atoms with Crippen LogP contribution in [0.1, 0.15) is 37.0 Å². The number of hydrogen-bond acceptors (Lipinski definition) is 4. The van der Waals surface area contributed by atoms with E-state index in [1.807, 2.05) is 13.8 Å². The van der Waals surface area contributed by atoms with E-state index in [2.05, 4.69) is 15.5 Å². The van der Waals surface area contributed by atoms with Crippen molar-refractivity contribution in [2.45, 2.75) is 32.1 Å². The maximum Gasteiger partial charge on any atom is 0.273 e. The Morgan fingerprint density at radius 2 is 2.11 bits per heavy atom. The third-order valence-corrected chi connectivity index (χ3v) is 3.67. The molecule has 0 aromatic carbocycles. The second-order valence-electron chi connectivity index (χ2n) is 4.28. The van der Waals surface area contributed by atoms with Gasteiger partial charge >= 0.3 is 0 Å². The number of rotatable bonds is 5. The highest BCUT2D eigenvalue weighted by Crippen LogP contribution is 2.22. The predicted octanol–water partition coefficient (Wildman–Crippen LogP) is 1.29. The van der Waals surface area contributed by atoms with Crippen LogP contribution < -0.4 is 5.32 Å². The Morgan fingerprint density at radius 1 is 1.50 bits per heavy atom. The number of carbonyl (C=O) groups excluding carboxylic acids is 1. The van der Waals surface area contributed by atoms with Crippen LogP contribution in [0.3, 0.4) is 0 Å². The molecule has 1 rings (SSSR count). The lowest BCUT2D eigenvalue weighted by Gasteiger charge is -2.06. The molecule has 0 aliphatic rings. The Kier molecular flexibility index (Phi) is 4.75. The number of nitrogens with zero attached hydrogens (tertiary/aromatic N) is 1. The molecule has 8 heteroatoms. The van der Waals surface area contributed by atoms with Gasteiger partial charge in [0.15, 0.2) is 5.69 Å². The zero-order valence-corrected chi connectivity index (χ0v) is 12.0. The smallest absolute Gasteiger partial charge is 0.273 e. The summed E-state index contributed by atoms with van der Waals surface area (Å²) in [7, 11) is 1.33. The molecule has 0 unspecified atom stereocenters. The van der Waals surface area contributed by atoms with Gasteiger partial charge in [-0.1, -0.05) is 20.8 Å². The number of nitrogens with one attached hydrogen (secondary N) is 2. The molecule has 1 aromatic rings. The summed E-state index contributed by atoms with van der Waals surface area (Å²) in [5.74, 6) is -0.284. The molecule has 1 amide bonds. The van der Waals surface area contributed by atoms with Crippen LogP contribution >= 0.6 is 10.7 Å². The van der Waals surface area contributed by atoms with E-state index in [1.165, 1.54) is 0 Å². The molecule has 0 fully saturated rings. The molecule has 0 aliphatic carbocycles. The van der Waals surface area contributed by atoms with Gasteiger partial charge in [-0.3, -0.25) is 9.89 Å². The van der Waals surface area contributed by atoms with Gasteiger partial charge in [-0.2, -0.15) is 5.10 Å². The Bertz CT molecular complexity index is 537. The van der Waals surface area contributed by atoms with Crippen molar-refractivity contribution in [3.63, 3.8) is 0 Å². The Labute approximate surface area is 111 Å². The molecule has 1 aromatic heterocycles. The molecule has 0 spiro atoms. The van der Waals surface area contributed by atoms with E-state index in [4.69, 9.17) is 10.7 Å². The first-order chi connectivity index (χ1) is 8.27. The molecule has 0 atom stereocenters. The lowest BCUT2D eigenvalue weighted by atomic mass is 10.2. The Hall–Kier alpha value is -1.08. The fourth-order valence-electron chi connectivity index (χ4n) is 1.40. The van der Waals surface area contributed by atoms with Gasteiger partial charge in [-0.25, -0.2) is 8.42 Å². The summed E-state index contributed by atoms with van der Waals surface area (Å²) in [4.78, 5) is 11.6. The summed E-state index contributed by atoms with van der Waals surface area (Å²) < 4.78 is 22.9. The van der Waals surface area contributed by atoms with Gasteiger partial charge in [0.2, 0.25) is 0 Å². The minimum absolute atomic E-state index is 0.178. The van der Waals surface area contributed by atoms with Crippen LogP contribution in [0.25, 0.3) is 0 Å².